The van der Waals surface area contributed by atoms with Gasteiger partial charge in [-0.2, -0.15) is 0 Å². The second kappa shape index (κ2) is 9.86. The highest BCUT2D eigenvalue weighted by Crippen LogP contribution is 2.53. The van der Waals surface area contributed by atoms with Crippen molar-refractivity contribution in [2.45, 2.75) is 26.2 Å². The van der Waals surface area contributed by atoms with Crippen LogP contribution in [-0.2, 0) is 5.41 Å². The predicted octanol–water partition coefficient (Wildman–Crippen LogP) is 12.2. The quantitative estimate of drug-likeness (QED) is 0.197. The van der Waals surface area contributed by atoms with Crippen LogP contribution in [0.4, 0.5) is 0 Å². The molecule has 0 radical (unpaired) electrons. The van der Waals surface area contributed by atoms with Crippen LogP contribution in [0, 0.1) is 0 Å². The van der Waals surface area contributed by atoms with Gasteiger partial charge in [0.15, 0.2) is 11.3 Å². The van der Waals surface area contributed by atoms with Gasteiger partial charge in [-0.15, -0.1) is 0 Å². The summed E-state index contributed by atoms with van der Waals surface area (Å²) in [5.41, 5.74) is 8.61. The predicted molar refractivity (Wildman–Crippen MR) is 186 cm³/mol. The zero-order valence-electron chi connectivity index (χ0n) is 25.1. The highest BCUT2D eigenvalue weighted by molar-refractivity contribution is 6.21. The van der Waals surface area contributed by atoms with Crippen molar-refractivity contribution in [1.82, 2.24) is 0 Å². The Balaban J connectivity index is 1.38. The van der Waals surface area contributed by atoms with Gasteiger partial charge in [0, 0.05) is 27.5 Å². The molecule has 0 unspecified atom stereocenters. The first-order valence-electron chi connectivity index (χ1n) is 15.2. The zero-order valence-corrected chi connectivity index (χ0v) is 25.1. The van der Waals surface area contributed by atoms with Gasteiger partial charge in [-0.25, -0.2) is 0 Å². The maximum Gasteiger partial charge on any atom is 0.178 e. The summed E-state index contributed by atoms with van der Waals surface area (Å²) < 4.78 is 13.2. The van der Waals surface area contributed by atoms with Crippen LogP contribution in [0.25, 0.3) is 66.9 Å². The first-order valence-corrected chi connectivity index (χ1v) is 15.2. The molecule has 0 saturated carbocycles. The van der Waals surface area contributed by atoms with Crippen molar-refractivity contribution in [3.8, 4) is 33.8 Å². The number of ether oxygens (including phenoxy) is 1. The van der Waals surface area contributed by atoms with Gasteiger partial charge in [-0.1, -0.05) is 130 Å². The summed E-state index contributed by atoms with van der Waals surface area (Å²) in [6.07, 6.45) is 5.88. The lowest BCUT2D eigenvalue weighted by molar-refractivity contribution is 0.413. The molecular weight excluding hydrogens is 536 g/mol. The van der Waals surface area contributed by atoms with Gasteiger partial charge < -0.3 is 9.15 Å². The van der Waals surface area contributed by atoms with E-state index in [9.17, 15) is 0 Å². The van der Waals surface area contributed by atoms with Crippen molar-refractivity contribution in [2.75, 3.05) is 0 Å². The van der Waals surface area contributed by atoms with Crippen molar-refractivity contribution >= 4 is 44.7 Å². The summed E-state index contributed by atoms with van der Waals surface area (Å²) in [6, 6.07) is 39.3. The van der Waals surface area contributed by atoms with Crippen LogP contribution in [-0.4, -0.2) is 0 Å². The Morgan fingerprint density at radius 2 is 1.23 bits per heavy atom. The number of fused-ring (bicyclic) bond motifs is 6. The molecule has 2 nitrogen and oxygen atoms in total. The van der Waals surface area contributed by atoms with Gasteiger partial charge in [0.25, 0.3) is 0 Å². The van der Waals surface area contributed by atoms with Crippen LogP contribution in [0.5, 0.6) is 11.5 Å². The number of hydrogen-bond donors (Lipinski definition) is 0. The third-order valence-corrected chi connectivity index (χ3v) is 9.22. The molecule has 1 aliphatic heterocycles. The molecule has 8 rings (SSSR count). The second-order valence-electron chi connectivity index (χ2n) is 12.0. The molecule has 1 aromatic heterocycles. The fraction of sp³-hybridized carbons (Fsp3) is 0.0952. The van der Waals surface area contributed by atoms with Gasteiger partial charge in [-0.05, 0) is 68.9 Å². The Morgan fingerprint density at radius 1 is 0.636 bits per heavy atom. The second-order valence-corrected chi connectivity index (χ2v) is 12.0. The lowest BCUT2D eigenvalue weighted by atomic mass is 9.75. The Morgan fingerprint density at radius 3 is 1.84 bits per heavy atom. The van der Waals surface area contributed by atoms with Crippen LogP contribution < -0.4 is 4.74 Å². The molecular formula is C42H32O2. The van der Waals surface area contributed by atoms with Crippen LogP contribution in [0.2, 0.25) is 0 Å². The van der Waals surface area contributed by atoms with E-state index in [2.05, 4.69) is 136 Å². The molecule has 0 aliphatic carbocycles. The molecule has 7 aromatic rings. The van der Waals surface area contributed by atoms with Gasteiger partial charge in [0.1, 0.15) is 11.5 Å². The minimum absolute atomic E-state index is 0.279. The van der Waals surface area contributed by atoms with Gasteiger partial charge >= 0.3 is 0 Å². The van der Waals surface area contributed by atoms with E-state index in [-0.39, 0.29) is 5.41 Å². The van der Waals surface area contributed by atoms with Crippen molar-refractivity contribution in [2.24, 2.45) is 0 Å². The average Bonchev–Trinajstić information content (AvgIpc) is 3.42. The molecule has 0 saturated heterocycles. The molecule has 0 N–H and O–H groups in total. The Kier molecular flexibility index (Phi) is 5.89. The molecule has 212 valence electrons. The fourth-order valence-electron chi connectivity index (χ4n) is 7.15. The molecule has 1 aliphatic rings. The number of rotatable bonds is 4. The minimum atomic E-state index is -0.279. The summed E-state index contributed by atoms with van der Waals surface area (Å²) in [4.78, 5) is 0. The topological polar surface area (TPSA) is 22.4 Å². The maximum absolute atomic E-state index is 6.84. The smallest absolute Gasteiger partial charge is 0.178 e. The first kappa shape index (κ1) is 26.3. The number of benzene rings is 6. The van der Waals surface area contributed by atoms with Crippen LogP contribution in [0.1, 0.15) is 43.2 Å². The first-order chi connectivity index (χ1) is 21.5. The van der Waals surface area contributed by atoms with E-state index in [4.69, 9.17) is 9.15 Å². The zero-order chi connectivity index (χ0) is 30.0. The van der Waals surface area contributed by atoms with E-state index in [0.29, 0.717) is 0 Å². The molecule has 2 heterocycles. The molecule has 2 heteroatoms. The molecule has 0 atom stereocenters. The lowest BCUT2D eigenvalue weighted by Gasteiger charge is -2.34. The Bertz CT molecular complexity index is 2240. The van der Waals surface area contributed by atoms with Gasteiger partial charge in [0.05, 0.1) is 0 Å². The highest BCUT2D eigenvalue weighted by atomic mass is 16.5. The normalized spacial score (nSPS) is 13.7. The van der Waals surface area contributed by atoms with E-state index in [1.165, 1.54) is 38.2 Å². The third-order valence-electron chi connectivity index (χ3n) is 9.22. The van der Waals surface area contributed by atoms with E-state index < -0.39 is 0 Å². The van der Waals surface area contributed by atoms with Crippen molar-refractivity contribution < 1.29 is 9.15 Å². The van der Waals surface area contributed by atoms with Crippen LogP contribution in [0.3, 0.4) is 0 Å². The Labute approximate surface area is 257 Å². The van der Waals surface area contributed by atoms with Crippen molar-refractivity contribution in [3.05, 3.63) is 144 Å². The monoisotopic (exact) mass is 568 g/mol. The van der Waals surface area contributed by atoms with E-state index in [0.717, 1.165) is 50.5 Å². The summed E-state index contributed by atoms with van der Waals surface area (Å²) in [7, 11) is 0. The minimum Gasteiger partial charge on any atom is -0.453 e. The number of allylic oxidation sites excluding steroid dienone is 1. The Hall–Kier alpha value is -5.34. The van der Waals surface area contributed by atoms with E-state index in [1.54, 1.807) is 6.08 Å². The standard InChI is InChI=1S/C42H32O2/c1-5-14-28-33-22-24-35-41(40(33)43-36(28)6-2)44-37-25-27(21-23-34(37)42(35,3)4)39-31-19-12-10-17-29(31)38(26-15-8-7-9-16-26)30-18-11-13-20-32(30)39/h5-25H,2H2,1,3-4H3/b14-5-. The molecule has 0 amide bonds. The molecule has 44 heavy (non-hydrogen) atoms. The van der Waals surface area contributed by atoms with Crippen LogP contribution in [0.15, 0.2) is 126 Å². The highest BCUT2D eigenvalue weighted by Gasteiger charge is 2.37. The van der Waals surface area contributed by atoms with Crippen molar-refractivity contribution in [1.29, 1.82) is 0 Å². The number of hydrogen-bond acceptors (Lipinski definition) is 2. The molecule has 0 bridgehead atoms. The molecule has 0 fully saturated rings. The summed E-state index contributed by atoms with van der Waals surface area (Å²) >= 11 is 0. The SMILES string of the molecule is C=Cc1oc2c3c(ccc2c1/C=C\C)C(C)(C)c1ccc(-c2c4ccccc4c(-c4ccccc4)c4ccccc24)cc1O3. The molecule has 0 spiro atoms. The summed E-state index contributed by atoms with van der Waals surface area (Å²) in [5.74, 6) is 2.39. The summed E-state index contributed by atoms with van der Waals surface area (Å²) in [5, 5.41) is 5.95. The largest absolute Gasteiger partial charge is 0.453 e. The third kappa shape index (κ3) is 3.74. The molecule has 6 aromatic carbocycles. The van der Waals surface area contributed by atoms with E-state index in [1.807, 2.05) is 13.0 Å². The van der Waals surface area contributed by atoms with Crippen LogP contribution >= 0.6 is 0 Å². The maximum atomic E-state index is 6.84. The van der Waals surface area contributed by atoms with Crippen molar-refractivity contribution in [3.63, 3.8) is 0 Å². The lowest BCUT2D eigenvalue weighted by Crippen LogP contribution is -2.24. The van der Waals surface area contributed by atoms with Gasteiger partial charge in [0.2, 0.25) is 0 Å². The summed E-state index contributed by atoms with van der Waals surface area (Å²) in [6.45, 7) is 10.5. The van der Waals surface area contributed by atoms with E-state index >= 15 is 0 Å². The number of furan rings is 1. The average molecular weight is 569 g/mol. The van der Waals surface area contributed by atoms with Gasteiger partial charge in [-0.3, -0.25) is 0 Å². The fourth-order valence-corrected chi connectivity index (χ4v) is 7.15.